The average Bonchev–Trinajstić information content (AvgIpc) is 3.07. The first-order valence-corrected chi connectivity index (χ1v) is 9.19. The van der Waals surface area contributed by atoms with E-state index in [4.69, 9.17) is 9.47 Å². The molecule has 1 aromatic rings. The molecule has 0 aromatic heterocycles. The molecule has 1 spiro atoms. The van der Waals surface area contributed by atoms with Crippen LogP contribution >= 0.6 is 0 Å². The molecule has 0 amide bonds. The number of carbonyl (C=O) groups excluding carboxylic acids is 1. The van der Waals surface area contributed by atoms with Crippen molar-refractivity contribution in [3.8, 4) is 0 Å². The van der Waals surface area contributed by atoms with Crippen LogP contribution in [0.2, 0.25) is 0 Å². The van der Waals surface area contributed by atoms with Crippen LogP contribution in [-0.4, -0.2) is 24.1 Å². The van der Waals surface area contributed by atoms with Gasteiger partial charge in [0, 0.05) is 25.2 Å². The maximum absolute atomic E-state index is 13.9. The molecule has 1 unspecified atom stereocenters. The number of hydrogen-bond donors (Lipinski definition) is 0. The Morgan fingerprint density at radius 2 is 1.96 bits per heavy atom. The summed E-state index contributed by atoms with van der Waals surface area (Å²) in [5.74, 6) is -2.64. The lowest BCUT2D eigenvalue weighted by Crippen LogP contribution is -2.39. The average molecular weight is 350 g/mol. The van der Waals surface area contributed by atoms with Gasteiger partial charge in [-0.25, -0.2) is 8.78 Å². The van der Waals surface area contributed by atoms with E-state index >= 15 is 0 Å². The topological polar surface area (TPSA) is 35.5 Å². The molecule has 1 saturated heterocycles. The molecule has 4 atom stereocenters. The van der Waals surface area contributed by atoms with Crippen molar-refractivity contribution in [3.05, 3.63) is 35.9 Å². The first kappa shape index (κ1) is 17.0. The number of fused-ring (bicyclic) bond motifs is 1. The molecule has 0 radical (unpaired) electrons. The number of rotatable bonds is 4. The highest BCUT2D eigenvalue weighted by Gasteiger charge is 2.61. The van der Waals surface area contributed by atoms with Gasteiger partial charge in [-0.2, -0.15) is 0 Å². The smallest absolute Gasteiger partial charge is 0.306 e. The molecule has 3 fully saturated rings. The minimum absolute atomic E-state index is 0.0313. The monoisotopic (exact) mass is 350 g/mol. The number of ether oxygens (including phenoxy) is 2. The van der Waals surface area contributed by atoms with Crippen LogP contribution in [0.3, 0.4) is 0 Å². The van der Waals surface area contributed by atoms with Crippen LogP contribution in [0.25, 0.3) is 0 Å². The van der Waals surface area contributed by atoms with Gasteiger partial charge in [0.05, 0.1) is 13.2 Å². The van der Waals surface area contributed by atoms with Gasteiger partial charge in [0.1, 0.15) is 5.60 Å². The van der Waals surface area contributed by atoms with Crippen molar-refractivity contribution < 1.29 is 23.0 Å². The Labute approximate surface area is 146 Å². The molecule has 0 bridgehead atoms. The summed E-state index contributed by atoms with van der Waals surface area (Å²) in [7, 11) is 0. The lowest BCUT2D eigenvalue weighted by molar-refractivity contribution is -0.154. The van der Waals surface area contributed by atoms with Crippen LogP contribution in [0.5, 0.6) is 0 Å². The van der Waals surface area contributed by atoms with E-state index in [1.54, 1.807) is 0 Å². The van der Waals surface area contributed by atoms with Gasteiger partial charge < -0.3 is 9.47 Å². The number of esters is 1. The first-order chi connectivity index (χ1) is 12.0. The Kier molecular flexibility index (Phi) is 4.30. The van der Waals surface area contributed by atoms with E-state index < -0.39 is 11.5 Å². The molecule has 0 N–H and O–H groups in total. The van der Waals surface area contributed by atoms with Gasteiger partial charge >= 0.3 is 5.97 Å². The molecule has 4 rings (SSSR count). The highest BCUT2D eigenvalue weighted by molar-refractivity contribution is 5.72. The van der Waals surface area contributed by atoms with Crippen molar-refractivity contribution in [2.24, 2.45) is 17.8 Å². The molecule has 136 valence electrons. The van der Waals surface area contributed by atoms with Crippen molar-refractivity contribution in [2.45, 2.75) is 56.7 Å². The zero-order valence-electron chi connectivity index (χ0n) is 14.3. The predicted molar refractivity (Wildman–Crippen MR) is 88.0 cm³/mol. The third kappa shape index (κ3) is 3.31. The second-order valence-corrected chi connectivity index (χ2v) is 7.87. The molecule has 2 aliphatic carbocycles. The quantitative estimate of drug-likeness (QED) is 0.758. The van der Waals surface area contributed by atoms with Crippen molar-refractivity contribution >= 4 is 5.97 Å². The zero-order valence-corrected chi connectivity index (χ0v) is 14.3. The zero-order chi connectivity index (χ0) is 17.5. The normalized spacial score (nSPS) is 36.4. The fourth-order valence-electron chi connectivity index (χ4n) is 5.19. The Bertz CT molecular complexity index is 633. The summed E-state index contributed by atoms with van der Waals surface area (Å²) in [6.45, 7) is 0.962. The summed E-state index contributed by atoms with van der Waals surface area (Å²) in [6, 6.07) is 9.90. The van der Waals surface area contributed by atoms with E-state index in [0.717, 1.165) is 5.56 Å². The van der Waals surface area contributed by atoms with Crippen LogP contribution in [0, 0.1) is 17.8 Å². The molecule has 3 nitrogen and oxygen atoms in total. The van der Waals surface area contributed by atoms with E-state index in [1.165, 1.54) is 0 Å². The van der Waals surface area contributed by atoms with Crippen LogP contribution in [0.15, 0.2) is 30.3 Å². The Hall–Kier alpha value is -1.49. The molecule has 5 heteroatoms. The third-order valence-corrected chi connectivity index (χ3v) is 6.29. The SMILES string of the molecule is O=C1CCC2(C[C@@H]3CC(F)(F)CC[C@H]3[C@H]2COCc2ccccc2)O1. The largest absolute Gasteiger partial charge is 0.459 e. The van der Waals surface area contributed by atoms with Crippen LogP contribution in [0.4, 0.5) is 8.78 Å². The van der Waals surface area contributed by atoms with E-state index in [-0.39, 0.29) is 36.6 Å². The number of hydrogen-bond acceptors (Lipinski definition) is 3. The molecule has 1 heterocycles. The summed E-state index contributed by atoms with van der Waals surface area (Å²) in [5, 5.41) is 0. The summed E-state index contributed by atoms with van der Waals surface area (Å²) in [6.07, 6.45) is 1.96. The second-order valence-electron chi connectivity index (χ2n) is 7.87. The van der Waals surface area contributed by atoms with Crippen LogP contribution in [-0.2, 0) is 20.9 Å². The van der Waals surface area contributed by atoms with Crippen molar-refractivity contribution in [3.63, 3.8) is 0 Å². The van der Waals surface area contributed by atoms with E-state index in [1.807, 2.05) is 30.3 Å². The lowest BCUT2D eigenvalue weighted by atomic mass is 9.75. The maximum Gasteiger partial charge on any atom is 0.306 e. The van der Waals surface area contributed by atoms with E-state index in [0.29, 0.717) is 38.9 Å². The van der Waals surface area contributed by atoms with Crippen LogP contribution < -0.4 is 0 Å². The highest BCUT2D eigenvalue weighted by atomic mass is 19.3. The van der Waals surface area contributed by atoms with E-state index in [9.17, 15) is 13.6 Å². The summed E-state index contributed by atoms with van der Waals surface area (Å²) in [5.41, 5.74) is 0.508. The summed E-state index contributed by atoms with van der Waals surface area (Å²) < 4.78 is 39.4. The highest BCUT2D eigenvalue weighted by Crippen LogP contribution is 2.58. The van der Waals surface area contributed by atoms with Gasteiger partial charge in [0.15, 0.2) is 0 Å². The summed E-state index contributed by atoms with van der Waals surface area (Å²) in [4.78, 5) is 11.8. The predicted octanol–water partition coefficient (Wildman–Crippen LogP) is 4.35. The minimum Gasteiger partial charge on any atom is -0.459 e. The Balaban J connectivity index is 1.47. The van der Waals surface area contributed by atoms with Gasteiger partial charge in [-0.3, -0.25) is 4.79 Å². The molecular formula is C20H24F2O3. The van der Waals surface area contributed by atoms with Crippen molar-refractivity contribution in [1.29, 1.82) is 0 Å². The molecule has 1 aromatic carbocycles. The van der Waals surface area contributed by atoms with Gasteiger partial charge in [-0.15, -0.1) is 0 Å². The summed E-state index contributed by atoms with van der Waals surface area (Å²) >= 11 is 0. The number of benzene rings is 1. The molecular weight excluding hydrogens is 326 g/mol. The maximum atomic E-state index is 13.9. The fourth-order valence-corrected chi connectivity index (χ4v) is 5.19. The van der Waals surface area contributed by atoms with E-state index in [2.05, 4.69) is 0 Å². The van der Waals surface area contributed by atoms with Gasteiger partial charge in [0.25, 0.3) is 0 Å². The van der Waals surface area contributed by atoms with Gasteiger partial charge in [-0.05, 0) is 36.7 Å². The fraction of sp³-hybridized carbons (Fsp3) is 0.650. The van der Waals surface area contributed by atoms with Crippen molar-refractivity contribution in [1.82, 2.24) is 0 Å². The second kappa shape index (κ2) is 6.35. The number of halogens is 2. The molecule has 25 heavy (non-hydrogen) atoms. The minimum atomic E-state index is -2.58. The Morgan fingerprint density at radius 1 is 1.16 bits per heavy atom. The van der Waals surface area contributed by atoms with Crippen LogP contribution in [0.1, 0.15) is 44.1 Å². The molecule has 2 saturated carbocycles. The number of alkyl halides is 2. The lowest BCUT2D eigenvalue weighted by Gasteiger charge is -2.35. The Morgan fingerprint density at radius 3 is 2.68 bits per heavy atom. The first-order valence-electron chi connectivity index (χ1n) is 9.19. The number of carbonyl (C=O) groups is 1. The molecule has 1 aliphatic heterocycles. The van der Waals surface area contributed by atoms with Gasteiger partial charge in [-0.1, -0.05) is 30.3 Å². The third-order valence-electron chi connectivity index (χ3n) is 6.29. The standard InChI is InChI=1S/C20H24F2O3/c21-20(22)9-6-16-15(11-20)10-19(8-7-18(23)25-19)17(16)13-24-12-14-4-2-1-3-5-14/h1-5,15-17H,6-13H2/t15-,16-,17-,19?/m1/s1. The van der Waals surface area contributed by atoms with Gasteiger partial charge in [0.2, 0.25) is 5.92 Å². The van der Waals surface area contributed by atoms with Crippen molar-refractivity contribution in [2.75, 3.05) is 6.61 Å². The molecule has 3 aliphatic rings.